The Morgan fingerprint density at radius 3 is 2.47 bits per heavy atom. The van der Waals surface area contributed by atoms with Crippen LogP contribution in [0, 0.1) is 0 Å². The predicted molar refractivity (Wildman–Crippen MR) is 119 cm³/mol. The van der Waals surface area contributed by atoms with E-state index in [0.717, 1.165) is 5.16 Å². The van der Waals surface area contributed by atoms with Crippen molar-refractivity contribution in [2.24, 2.45) is 7.05 Å². The molecule has 2 aromatic heterocycles. The summed E-state index contributed by atoms with van der Waals surface area (Å²) in [6, 6.07) is 9.74. The molecule has 0 unspecified atom stereocenters. The summed E-state index contributed by atoms with van der Waals surface area (Å²) in [4.78, 5) is 18.9. The molecule has 1 saturated heterocycles. The number of ether oxygens (including phenoxy) is 1. The van der Waals surface area contributed by atoms with Crippen LogP contribution < -0.4 is 4.74 Å². The van der Waals surface area contributed by atoms with Crippen LogP contribution in [0.15, 0.2) is 63.3 Å². The van der Waals surface area contributed by atoms with Crippen molar-refractivity contribution >= 4 is 27.7 Å². The number of aryl methyl sites for hydroxylation is 1. The van der Waals surface area contributed by atoms with Gasteiger partial charge in [0.05, 0.1) is 17.8 Å². The minimum Gasteiger partial charge on any atom is -0.497 e. The first-order valence-corrected chi connectivity index (χ1v) is 12.4. The van der Waals surface area contributed by atoms with Gasteiger partial charge in [-0.15, -0.1) is 0 Å². The molecule has 0 N–H and O–H groups in total. The van der Waals surface area contributed by atoms with E-state index in [1.54, 1.807) is 35.4 Å². The molecule has 0 atom stereocenters. The van der Waals surface area contributed by atoms with Gasteiger partial charge in [0, 0.05) is 45.6 Å². The van der Waals surface area contributed by atoms with E-state index in [1.165, 1.54) is 35.3 Å². The van der Waals surface area contributed by atoms with Gasteiger partial charge in [-0.3, -0.25) is 4.79 Å². The molecule has 0 bridgehead atoms. The first kappa shape index (κ1) is 22.4. The number of aromatic nitrogens is 2. The van der Waals surface area contributed by atoms with E-state index < -0.39 is 10.0 Å². The van der Waals surface area contributed by atoms with Gasteiger partial charge in [0.1, 0.15) is 11.5 Å². The van der Waals surface area contributed by atoms with Crippen molar-refractivity contribution in [3.8, 4) is 5.75 Å². The third-order valence-corrected chi connectivity index (χ3v) is 8.21. The molecule has 1 aliphatic heterocycles. The maximum atomic E-state index is 12.9. The predicted octanol–water partition coefficient (Wildman–Crippen LogP) is 2.46. The highest BCUT2D eigenvalue weighted by Gasteiger charge is 2.31. The molecule has 1 fully saturated rings. The summed E-state index contributed by atoms with van der Waals surface area (Å²) in [5, 5.41) is 0.864. The summed E-state index contributed by atoms with van der Waals surface area (Å²) in [7, 11) is -0.177. The Bertz CT molecular complexity index is 1180. The lowest BCUT2D eigenvalue weighted by molar-refractivity contribution is 0.0664. The van der Waals surface area contributed by atoms with Gasteiger partial charge in [0.2, 0.25) is 10.0 Å². The zero-order valence-corrected chi connectivity index (χ0v) is 19.4. The summed E-state index contributed by atoms with van der Waals surface area (Å²) < 4.78 is 39.9. The lowest BCUT2D eigenvalue weighted by atomic mass is 10.3. The van der Waals surface area contributed by atoms with Crippen molar-refractivity contribution in [1.82, 2.24) is 18.8 Å². The number of methoxy groups -OCH3 is 1. The number of hydrogen-bond acceptors (Lipinski definition) is 7. The summed E-state index contributed by atoms with van der Waals surface area (Å²) in [5.41, 5.74) is 0. The highest BCUT2D eigenvalue weighted by atomic mass is 32.2. The van der Waals surface area contributed by atoms with Crippen molar-refractivity contribution in [2.45, 2.75) is 15.8 Å². The maximum Gasteiger partial charge on any atom is 0.289 e. The average molecular weight is 477 g/mol. The molecule has 1 aromatic carbocycles. The number of sulfonamides is 1. The van der Waals surface area contributed by atoms with Crippen LogP contribution in [0.5, 0.6) is 5.75 Å². The number of amides is 1. The second-order valence-corrected chi connectivity index (χ2v) is 10.1. The molecule has 0 saturated carbocycles. The van der Waals surface area contributed by atoms with E-state index in [-0.39, 0.29) is 29.7 Å². The molecule has 9 nitrogen and oxygen atoms in total. The highest BCUT2D eigenvalue weighted by molar-refractivity contribution is 7.98. The third kappa shape index (κ3) is 4.69. The van der Waals surface area contributed by atoms with Gasteiger partial charge in [0.15, 0.2) is 10.9 Å². The van der Waals surface area contributed by atoms with Crippen molar-refractivity contribution in [1.29, 1.82) is 0 Å². The number of nitrogens with zero attached hydrogens (tertiary/aromatic N) is 4. The van der Waals surface area contributed by atoms with Crippen LogP contribution in [0.3, 0.4) is 0 Å². The van der Waals surface area contributed by atoms with Crippen LogP contribution in [0.1, 0.15) is 16.3 Å². The Hall–Kier alpha value is -2.76. The zero-order valence-electron chi connectivity index (χ0n) is 17.8. The van der Waals surface area contributed by atoms with E-state index in [9.17, 15) is 13.2 Å². The largest absolute Gasteiger partial charge is 0.497 e. The minimum absolute atomic E-state index is 0.207. The SMILES string of the molecule is COc1ccc(S(=O)(=O)N2CCN(C(=O)c3ccc(CSc4nccn4C)o3)CC2)cc1. The van der Waals surface area contributed by atoms with Gasteiger partial charge in [-0.05, 0) is 36.4 Å². The first-order valence-electron chi connectivity index (χ1n) is 10.0. The van der Waals surface area contributed by atoms with Crippen LogP contribution in [-0.4, -0.2) is 66.4 Å². The number of thioether (sulfide) groups is 1. The summed E-state index contributed by atoms with van der Waals surface area (Å²) in [6.45, 7) is 1.05. The molecule has 4 rings (SSSR count). The fourth-order valence-corrected chi connectivity index (χ4v) is 5.63. The molecule has 11 heteroatoms. The molecule has 1 aliphatic rings. The van der Waals surface area contributed by atoms with Crippen LogP contribution in [0.2, 0.25) is 0 Å². The van der Waals surface area contributed by atoms with E-state index in [1.807, 2.05) is 17.8 Å². The first-order chi connectivity index (χ1) is 15.4. The quantitative estimate of drug-likeness (QED) is 0.483. The molecule has 170 valence electrons. The fraction of sp³-hybridized carbons (Fsp3) is 0.333. The van der Waals surface area contributed by atoms with E-state index >= 15 is 0 Å². The Morgan fingerprint density at radius 2 is 1.84 bits per heavy atom. The Labute approximate surface area is 191 Å². The second kappa shape index (κ2) is 9.39. The fourth-order valence-electron chi connectivity index (χ4n) is 3.38. The summed E-state index contributed by atoms with van der Waals surface area (Å²) in [6.07, 6.45) is 3.60. The van der Waals surface area contributed by atoms with E-state index in [2.05, 4.69) is 4.98 Å². The number of rotatable bonds is 7. The maximum absolute atomic E-state index is 12.9. The van der Waals surface area contributed by atoms with Gasteiger partial charge < -0.3 is 18.6 Å². The number of carbonyl (C=O) groups excluding carboxylic acids is 1. The lowest BCUT2D eigenvalue weighted by Crippen LogP contribution is -2.50. The summed E-state index contributed by atoms with van der Waals surface area (Å²) in [5.74, 6) is 1.86. The Morgan fingerprint density at radius 1 is 1.12 bits per heavy atom. The standard InChI is InChI=1S/C21H24N4O5S2/c1-23-10-9-22-21(23)31-15-17-5-8-19(30-17)20(26)24-11-13-25(14-12-24)32(27,28)18-6-3-16(29-2)4-7-18/h3-10H,11-15H2,1-2H3. The molecule has 0 aliphatic carbocycles. The number of carbonyl (C=O) groups is 1. The van der Waals surface area contributed by atoms with E-state index in [4.69, 9.17) is 9.15 Å². The molecule has 0 spiro atoms. The van der Waals surface area contributed by atoms with Gasteiger partial charge in [-0.25, -0.2) is 13.4 Å². The monoisotopic (exact) mass is 476 g/mol. The van der Waals surface area contributed by atoms with Crippen LogP contribution in [-0.2, 0) is 22.8 Å². The van der Waals surface area contributed by atoms with Gasteiger partial charge in [-0.1, -0.05) is 11.8 Å². The summed E-state index contributed by atoms with van der Waals surface area (Å²) >= 11 is 1.52. The van der Waals surface area contributed by atoms with Crippen LogP contribution in [0.25, 0.3) is 0 Å². The van der Waals surface area contributed by atoms with Gasteiger partial charge >= 0.3 is 0 Å². The molecule has 32 heavy (non-hydrogen) atoms. The van der Waals surface area contributed by atoms with Crippen molar-refractivity contribution < 1.29 is 22.4 Å². The topological polar surface area (TPSA) is 97.9 Å². The molecule has 3 heterocycles. The molecule has 1 amide bonds. The number of imidazole rings is 1. The molecule has 3 aromatic rings. The Kier molecular flexibility index (Phi) is 6.58. The highest BCUT2D eigenvalue weighted by Crippen LogP contribution is 2.24. The number of hydrogen-bond donors (Lipinski definition) is 0. The molecular weight excluding hydrogens is 452 g/mol. The number of benzene rings is 1. The smallest absolute Gasteiger partial charge is 0.289 e. The van der Waals surface area contributed by atoms with Crippen LogP contribution in [0.4, 0.5) is 0 Å². The van der Waals surface area contributed by atoms with Crippen molar-refractivity contribution in [3.05, 3.63) is 60.3 Å². The Balaban J connectivity index is 1.34. The normalized spacial score (nSPS) is 15.1. The molecule has 0 radical (unpaired) electrons. The van der Waals surface area contributed by atoms with Crippen LogP contribution >= 0.6 is 11.8 Å². The second-order valence-electron chi connectivity index (χ2n) is 7.25. The average Bonchev–Trinajstić information content (AvgIpc) is 3.46. The van der Waals surface area contributed by atoms with E-state index in [0.29, 0.717) is 30.4 Å². The third-order valence-electron chi connectivity index (χ3n) is 5.22. The number of piperazine rings is 1. The minimum atomic E-state index is -3.62. The van der Waals surface area contributed by atoms with Crippen molar-refractivity contribution in [3.63, 3.8) is 0 Å². The zero-order chi connectivity index (χ0) is 22.7. The number of furan rings is 1. The van der Waals surface area contributed by atoms with Crippen molar-refractivity contribution in [2.75, 3.05) is 33.3 Å². The van der Waals surface area contributed by atoms with Gasteiger partial charge in [-0.2, -0.15) is 4.31 Å². The lowest BCUT2D eigenvalue weighted by Gasteiger charge is -2.33. The van der Waals surface area contributed by atoms with Gasteiger partial charge in [0.25, 0.3) is 5.91 Å². The molecular formula is C21H24N4O5S2.